The summed E-state index contributed by atoms with van der Waals surface area (Å²) in [5.41, 5.74) is 3.83. The first kappa shape index (κ1) is 15.6. The van der Waals surface area contributed by atoms with E-state index in [1.807, 2.05) is 24.3 Å². The molecule has 24 heavy (non-hydrogen) atoms. The van der Waals surface area contributed by atoms with Crippen LogP contribution >= 0.6 is 11.6 Å². The number of phenolic OH excluding ortho intramolecular Hbond substituents is 1. The molecular formula is C20H20ClNO2. The zero-order valence-corrected chi connectivity index (χ0v) is 14.2. The Labute approximate surface area is 147 Å². The van der Waals surface area contributed by atoms with Crippen molar-refractivity contribution in [2.45, 2.75) is 18.3 Å². The van der Waals surface area contributed by atoms with Gasteiger partial charge in [0.15, 0.2) is 11.5 Å². The highest BCUT2D eigenvalue weighted by molar-refractivity contribution is 6.25. The minimum atomic E-state index is -0.0932. The lowest BCUT2D eigenvalue weighted by atomic mass is 9.66. The number of likely N-dealkylation sites (tertiary alicyclic amines) is 1. The highest BCUT2D eigenvalue weighted by Crippen LogP contribution is 2.55. The van der Waals surface area contributed by atoms with E-state index < -0.39 is 0 Å². The highest BCUT2D eigenvalue weighted by atomic mass is 35.5. The Hall–Kier alpha value is -1.97. The van der Waals surface area contributed by atoms with Gasteiger partial charge in [0.05, 0.1) is 0 Å². The Balaban J connectivity index is 1.77. The van der Waals surface area contributed by atoms with Crippen LogP contribution in [-0.4, -0.2) is 29.6 Å². The van der Waals surface area contributed by atoms with E-state index in [1.165, 1.54) is 5.56 Å². The number of aromatic hydroxyl groups is 1. The van der Waals surface area contributed by atoms with Crippen LogP contribution in [0.2, 0.25) is 0 Å². The fourth-order valence-corrected chi connectivity index (χ4v) is 4.14. The Morgan fingerprint density at radius 1 is 1.08 bits per heavy atom. The molecule has 0 unspecified atom stereocenters. The van der Waals surface area contributed by atoms with Gasteiger partial charge in [0, 0.05) is 28.6 Å². The van der Waals surface area contributed by atoms with E-state index in [4.69, 9.17) is 16.3 Å². The molecule has 3 nitrogen and oxygen atoms in total. The average Bonchev–Trinajstić information content (AvgIpc) is 2.62. The van der Waals surface area contributed by atoms with Gasteiger partial charge in [-0.3, -0.25) is 4.90 Å². The van der Waals surface area contributed by atoms with Crippen molar-refractivity contribution < 1.29 is 9.84 Å². The van der Waals surface area contributed by atoms with Crippen LogP contribution in [0.3, 0.4) is 0 Å². The van der Waals surface area contributed by atoms with E-state index in [9.17, 15) is 5.11 Å². The maximum Gasteiger partial charge on any atom is 0.173 e. The molecule has 0 saturated carbocycles. The number of para-hydroxylation sites is 2. The molecule has 2 heterocycles. The lowest BCUT2D eigenvalue weighted by molar-refractivity contribution is 0.185. The zero-order chi connectivity index (χ0) is 16.6. The second-order valence-corrected chi connectivity index (χ2v) is 6.75. The molecule has 2 aliphatic heterocycles. The first-order valence-electron chi connectivity index (χ1n) is 8.32. The zero-order valence-electron chi connectivity index (χ0n) is 13.4. The second kappa shape index (κ2) is 6.15. The molecule has 0 bridgehead atoms. The van der Waals surface area contributed by atoms with Crippen molar-refractivity contribution >= 4 is 11.6 Å². The molecule has 4 rings (SSSR count). The van der Waals surface area contributed by atoms with Gasteiger partial charge in [-0.1, -0.05) is 48.0 Å². The molecule has 2 aromatic carbocycles. The fraction of sp³-hybridized carbons (Fsp3) is 0.300. The van der Waals surface area contributed by atoms with E-state index in [1.54, 1.807) is 11.6 Å². The normalized spacial score (nSPS) is 19.0. The van der Waals surface area contributed by atoms with Gasteiger partial charge in [0.25, 0.3) is 0 Å². The smallest absolute Gasteiger partial charge is 0.173 e. The Morgan fingerprint density at radius 3 is 2.62 bits per heavy atom. The number of fused-ring (bicyclic) bond motifs is 4. The van der Waals surface area contributed by atoms with E-state index >= 15 is 0 Å². The van der Waals surface area contributed by atoms with Gasteiger partial charge in [-0.15, -0.1) is 0 Å². The molecule has 1 saturated heterocycles. The first-order chi connectivity index (χ1) is 11.7. The minimum absolute atomic E-state index is 0.0932. The molecule has 2 aromatic rings. The third kappa shape index (κ3) is 2.40. The third-order valence-electron chi connectivity index (χ3n) is 5.29. The van der Waals surface area contributed by atoms with Crippen molar-refractivity contribution in [1.29, 1.82) is 0 Å². The van der Waals surface area contributed by atoms with Crippen LogP contribution in [0.25, 0.3) is 0 Å². The van der Waals surface area contributed by atoms with Crippen LogP contribution in [-0.2, 0) is 5.41 Å². The Morgan fingerprint density at radius 2 is 1.83 bits per heavy atom. The number of phenols is 1. The van der Waals surface area contributed by atoms with Crippen LogP contribution in [0.4, 0.5) is 0 Å². The fourth-order valence-electron chi connectivity index (χ4n) is 4.06. The van der Waals surface area contributed by atoms with E-state index in [0.717, 1.165) is 43.8 Å². The molecule has 0 amide bonds. The number of benzene rings is 2. The summed E-state index contributed by atoms with van der Waals surface area (Å²) in [6, 6.07) is 13.9. The third-order valence-corrected chi connectivity index (χ3v) is 5.46. The summed E-state index contributed by atoms with van der Waals surface area (Å²) >= 11 is 5.66. The van der Waals surface area contributed by atoms with Crippen LogP contribution in [0, 0.1) is 0 Å². The molecule has 0 aliphatic carbocycles. The van der Waals surface area contributed by atoms with E-state index in [2.05, 4.69) is 23.1 Å². The molecule has 0 atom stereocenters. The van der Waals surface area contributed by atoms with Gasteiger partial charge in [-0.2, -0.15) is 0 Å². The Kier molecular flexibility index (Phi) is 3.99. The van der Waals surface area contributed by atoms with Crippen molar-refractivity contribution in [3.05, 3.63) is 65.2 Å². The molecule has 1 N–H and O–H groups in total. The number of piperidine rings is 1. The van der Waals surface area contributed by atoms with Crippen molar-refractivity contribution in [1.82, 2.24) is 4.90 Å². The molecule has 0 radical (unpaired) electrons. The van der Waals surface area contributed by atoms with Crippen LogP contribution in [0.1, 0.15) is 24.0 Å². The average molecular weight is 342 g/mol. The summed E-state index contributed by atoms with van der Waals surface area (Å²) in [4.78, 5) is 2.41. The predicted molar refractivity (Wildman–Crippen MR) is 96.1 cm³/mol. The number of hydrogen-bond acceptors (Lipinski definition) is 3. The predicted octanol–water partition coefficient (Wildman–Crippen LogP) is 4.63. The topological polar surface area (TPSA) is 32.7 Å². The Bertz CT molecular complexity index is 779. The lowest BCUT2D eigenvalue weighted by Gasteiger charge is -2.45. The summed E-state index contributed by atoms with van der Waals surface area (Å²) < 4.78 is 6.04. The van der Waals surface area contributed by atoms with Crippen LogP contribution < -0.4 is 4.74 Å². The molecule has 2 aliphatic rings. The summed E-state index contributed by atoms with van der Waals surface area (Å²) in [5.74, 6) is 1.69. The number of rotatable bonds is 2. The maximum absolute atomic E-state index is 10.3. The van der Waals surface area contributed by atoms with Gasteiger partial charge in [-0.25, -0.2) is 0 Å². The van der Waals surface area contributed by atoms with Gasteiger partial charge in [0.1, 0.15) is 5.75 Å². The second-order valence-electron chi connectivity index (χ2n) is 6.50. The number of ether oxygens (including phenoxy) is 1. The number of hydrogen-bond donors (Lipinski definition) is 1. The summed E-state index contributed by atoms with van der Waals surface area (Å²) in [6.07, 6.45) is 3.98. The molecule has 4 heteroatoms. The monoisotopic (exact) mass is 341 g/mol. The van der Waals surface area contributed by atoms with Gasteiger partial charge < -0.3 is 9.84 Å². The number of halogens is 1. The van der Waals surface area contributed by atoms with Gasteiger partial charge in [-0.05, 0) is 38.1 Å². The summed E-state index contributed by atoms with van der Waals surface area (Å²) in [7, 11) is 0. The van der Waals surface area contributed by atoms with Crippen molar-refractivity contribution in [2.24, 2.45) is 0 Å². The van der Waals surface area contributed by atoms with E-state index in [0.29, 0.717) is 5.75 Å². The largest absolute Gasteiger partial charge is 0.504 e. The van der Waals surface area contributed by atoms with Crippen LogP contribution in [0.15, 0.2) is 54.1 Å². The molecular weight excluding hydrogens is 322 g/mol. The lowest BCUT2D eigenvalue weighted by Crippen LogP contribution is -2.44. The highest BCUT2D eigenvalue weighted by Gasteiger charge is 2.44. The van der Waals surface area contributed by atoms with Gasteiger partial charge in [0.2, 0.25) is 0 Å². The molecule has 124 valence electrons. The molecule has 0 aromatic heterocycles. The SMILES string of the molecule is Oc1cccc2c1Oc1ccccc1C21CCN(CC=CCl)CC1. The summed E-state index contributed by atoms with van der Waals surface area (Å²) in [5, 5.41) is 10.3. The van der Waals surface area contributed by atoms with Crippen molar-refractivity contribution in [3.63, 3.8) is 0 Å². The van der Waals surface area contributed by atoms with Gasteiger partial charge >= 0.3 is 0 Å². The standard InChI is InChI=1S/C20H20ClNO2/c21-11-4-12-22-13-9-20(10-14-22)15-5-1-2-8-18(15)24-19-16(20)6-3-7-17(19)23/h1-8,11,23H,9-10,12-14H2. The number of nitrogens with zero attached hydrogens (tertiary/aromatic N) is 1. The van der Waals surface area contributed by atoms with Crippen molar-refractivity contribution in [2.75, 3.05) is 19.6 Å². The van der Waals surface area contributed by atoms with E-state index in [-0.39, 0.29) is 11.2 Å². The maximum atomic E-state index is 10.3. The first-order valence-corrected chi connectivity index (χ1v) is 8.76. The summed E-state index contributed by atoms with van der Waals surface area (Å²) in [6.45, 7) is 2.86. The van der Waals surface area contributed by atoms with Crippen molar-refractivity contribution in [3.8, 4) is 17.2 Å². The molecule has 1 spiro atoms. The molecule has 1 fully saturated rings. The van der Waals surface area contributed by atoms with Crippen LogP contribution in [0.5, 0.6) is 17.2 Å². The quantitative estimate of drug-likeness (QED) is 0.864. The minimum Gasteiger partial charge on any atom is -0.504 e.